The summed E-state index contributed by atoms with van der Waals surface area (Å²) < 4.78 is 12.9. The van der Waals surface area contributed by atoms with Gasteiger partial charge in [-0.15, -0.1) is 0 Å². The van der Waals surface area contributed by atoms with Crippen molar-refractivity contribution in [3.8, 4) is 5.75 Å². The van der Waals surface area contributed by atoms with E-state index in [1.807, 2.05) is 29.0 Å². The largest absolute Gasteiger partial charge is 0.492 e. The Morgan fingerprint density at radius 1 is 1.06 bits per heavy atom. The van der Waals surface area contributed by atoms with Crippen molar-refractivity contribution in [1.29, 1.82) is 0 Å². The zero-order valence-corrected chi connectivity index (χ0v) is 18.5. The fraction of sp³-hybridized carbons (Fsp3) is 0.240. The van der Waals surface area contributed by atoms with Gasteiger partial charge < -0.3 is 13.7 Å². The summed E-state index contributed by atoms with van der Waals surface area (Å²) in [6.07, 6.45) is 4.78. The van der Waals surface area contributed by atoms with Crippen LogP contribution in [0.5, 0.6) is 5.75 Å². The third kappa shape index (κ3) is 5.06. The molecule has 0 aliphatic carbocycles. The number of rotatable bonds is 8. The highest BCUT2D eigenvalue weighted by atomic mass is 16.5. The average Bonchev–Trinajstić information content (AvgIpc) is 3.46. The molecule has 1 N–H and O–H groups in total. The monoisotopic (exact) mass is 447 g/mol. The van der Waals surface area contributed by atoms with E-state index < -0.39 is 17.8 Å². The first kappa shape index (κ1) is 22.1. The van der Waals surface area contributed by atoms with Gasteiger partial charge >= 0.3 is 6.03 Å². The molecule has 1 saturated heterocycles. The molecule has 1 aliphatic heterocycles. The van der Waals surface area contributed by atoms with Crippen LogP contribution in [0.4, 0.5) is 4.79 Å². The Labute approximate surface area is 191 Å². The summed E-state index contributed by atoms with van der Waals surface area (Å²) in [5.74, 6) is 0.276. The lowest BCUT2D eigenvalue weighted by molar-refractivity contribution is -0.130. The number of imide groups is 2. The molecule has 0 unspecified atom stereocenters. The number of carbonyl (C=O) groups is 3. The smallest absolute Gasteiger partial charge is 0.331 e. The molecule has 1 fully saturated rings. The van der Waals surface area contributed by atoms with Gasteiger partial charge in [0.2, 0.25) is 0 Å². The molecule has 3 heterocycles. The van der Waals surface area contributed by atoms with Gasteiger partial charge in [0.25, 0.3) is 11.8 Å². The number of nitrogens with zero attached hydrogens (tertiary/aromatic N) is 2. The van der Waals surface area contributed by atoms with Crippen molar-refractivity contribution >= 4 is 23.9 Å². The minimum atomic E-state index is -0.772. The van der Waals surface area contributed by atoms with Crippen LogP contribution < -0.4 is 10.1 Å². The van der Waals surface area contributed by atoms with Gasteiger partial charge in [-0.2, -0.15) is 0 Å². The molecule has 1 aliphatic rings. The number of nitrogens with one attached hydrogen (secondary N) is 1. The molecule has 0 spiro atoms. The molecule has 4 rings (SSSR count). The van der Waals surface area contributed by atoms with E-state index in [0.29, 0.717) is 30.5 Å². The van der Waals surface area contributed by atoms with Crippen LogP contribution in [0.1, 0.15) is 36.8 Å². The van der Waals surface area contributed by atoms with Crippen LogP contribution in [0.2, 0.25) is 0 Å². The number of barbiturate groups is 1. The standard InChI is InChI=1S/C25H25N3O5/c1-17(2)18-7-9-20(10-8-18)33-14-12-27-11-3-5-19(27)15-22-23(29)26-25(31)28(24(22)30)16-21-6-4-13-32-21/h3-11,13,15,17H,12,14,16H2,1-2H3,(H,26,29,31)/b22-15-. The third-order valence-electron chi connectivity index (χ3n) is 5.38. The highest BCUT2D eigenvalue weighted by molar-refractivity contribution is 6.30. The molecule has 0 atom stereocenters. The number of amides is 4. The topological polar surface area (TPSA) is 93.8 Å². The third-order valence-corrected chi connectivity index (χ3v) is 5.38. The summed E-state index contributed by atoms with van der Waals surface area (Å²) in [4.78, 5) is 38.4. The lowest BCUT2D eigenvalue weighted by atomic mass is 10.0. The zero-order chi connectivity index (χ0) is 23.4. The normalized spacial score (nSPS) is 15.4. The van der Waals surface area contributed by atoms with Crippen molar-refractivity contribution in [2.75, 3.05) is 6.61 Å². The summed E-state index contributed by atoms with van der Waals surface area (Å²) in [5, 5.41) is 2.21. The number of hydrogen-bond donors (Lipinski definition) is 1. The molecule has 2 aromatic heterocycles. The molecule has 8 heteroatoms. The van der Waals surface area contributed by atoms with Gasteiger partial charge in [-0.05, 0) is 54.0 Å². The number of benzene rings is 1. The first-order chi connectivity index (χ1) is 15.9. The van der Waals surface area contributed by atoms with E-state index in [1.165, 1.54) is 17.9 Å². The SMILES string of the molecule is CC(C)c1ccc(OCCn2cccc2/C=C2/C(=O)NC(=O)N(Cc3ccco3)C2=O)cc1. The van der Waals surface area contributed by atoms with Crippen LogP contribution in [-0.2, 0) is 22.7 Å². The quantitative estimate of drug-likeness (QED) is 0.417. The second kappa shape index (κ2) is 9.60. The van der Waals surface area contributed by atoms with Crippen LogP contribution in [0.3, 0.4) is 0 Å². The van der Waals surface area contributed by atoms with Crippen LogP contribution in [-0.4, -0.2) is 33.9 Å². The fourth-order valence-electron chi connectivity index (χ4n) is 3.52. The summed E-state index contributed by atoms with van der Waals surface area (Å²) in [7, 11) is 0. The molecular formula is C25H25N3O5. The highest BCUT2D eigenvalue weighted by Gasteiger charge is 2.36. The Balaban J connectivity index is 1.44. The van der Waals surface area contributed by atoms with Crippen LogP contribution in [0, 0.1) is 0 Å². The van der Waals surface area contributed by atoms with Crippen molar-refractivity contribution in [2.45, 2.75) is 32.9 Å². The highest BCUT2D eigenvalue weighted by Crippen LogP contribution is 2.20. The predicted molar refractivity (Wildman–Crippen MR) is 121 cm³/mol. The minimum Gasteiger partial charge on any atom is -0.492 e. The van der Waals surface area contributed by atoms with E-state index >= 15 is 0 Å². The van der Waals surface area contributed by atoms with Crippen LogP contribution in [0.15, 0.2) is 71.0 Å². The number of urea groups is 1. The maximum atomic E-state index is 12.9. The molecule has 0 radical (unpaired) electrons. The number of furan rings is 1. The molecule has 3 aromatic rings. The lowest BCUT2D eigenvalue weighted by Crippen LogP contribution is -2.53. The molecule has 170 valence electrons. The van der Waals surface area contributed by atoms with Gasteiger partial charge in [0.05, 0.1) is 19.4 Å². The van der Waals surface area contributed by atoms with Crippen LogP contribution >= 0.6 is 0 Å². The average molecular weight is 447 g/mol. The summed E-state index contributed by atoms with van der Waals surface area (Å²) in [5.41, 5.74) is 1.78. The molecule has 1 aromatic carbocycles. The molecule has 0 saturated carbocycles. The van der Waals surface area contributed by atoms with Crippen molar-refractivity contribution in [1.82, 2.24) is 14.8 Å². The summed E-state index contributed by atoms with van der Waals surface area (Å²) in [6, 6.07) is 14.2. The first-order valence-corrected chi connectivity index (χ1v) is 10.7. The summed E-state index contributed by atoms with van der Waals surface area (Å²) >= 11 is 0. The summed E-state index contributed by atoms with van der Waals surface area (Å²) in [6.45, 7) is 5.15. The molecule has 33 heavy (non-hydrogen) atoms. The molecular weight excluding hydrogens is 422 g/mol. The van der Waals surface area contributed by atoms with Crippen molar-refractivity contribution < 1.29 is 23.5 Å². The van der Waals surface area contributed by atoms with Gasteiger partial charge in [-0.3, -0.25) is 19.8 Å². The lowest BCUT2D eigenvalue weighted by Gasteiger charge is -2.25. The Morgan fingerprint density at radius 2 is 1.85 bits per heavy atom. The Kier molecular flexibility index (Phi) is 6.44. The van der Waals surface area contributed by atoms with E-state index in [-0.39, 0.29) is 12.1 Å². The van der Waals surface area contributed by atoms with Crippen molar-refractivity contribution in [2.24, 2.45) is 0 Å². The first-order valence-electron chi connectivity index (χ1n) is 10.7. The van der Waals surface area contributed by atoms with Crippen molar-refractivity contribution in [3.05, 3.63) is 83.6 Å². The number of aromatic nitrogens is 1. The van der Waals surface area contributed by atoms with E-state index in [1.54, 1.807) is 18.2 Å². The molecule has 0 bridgehead atoms. The Morgan fingerprint density at radius 3 is 2.55 bits per heavy atom. The minimum absolute atomic E-state index is 0.0628. The van der Waals surface area contributed by atoms with E-state index in [0.717, 1.165) is 10.6 Å². The van der Waals surface area contributed by atoms with Gasteiger partial charge in [0, 0.05) is 11.9 Å². The second-order valence-electron chi connectivity index (χ2n) is 7.99. The van der Waals surface area contributed by atoms with Gasteiger partial charge in [-0.1, -0.05) is 26.0 Å². The van der Waals surface area contributed by atoms with E-state index in [2.05, 4.69) is 31.3 Å². The number of carbonyl (C=O) groups excluding carboxylic acids is 3. The molecule has 4 amide bonds. The maximum Gasteiger partial charge on any atom is 0.331 e. The van der Waals surface area contributed by atoms with Crippen molar-refractivity contribution in [3.63, 3.8) is 0 Å². The number of hydrogen-bond acceptors (Lipinski definition) is 5. The Bertz CT molecular complexity index is 1170. The maximum absolute atomic E-state index is 12.9. The van der Waals surface area contributed by atoms with Gasteiger partial charge in [-0.25, -0.2) is 4.79 Å². The Hall–Kier alpha value is -4.07. The van der Waals surface area contributed by atoms with E-state index in [4.69, 9.17) is 9.15 Å². The molecule has 8 nitrogen and oxygen atoms in total. The zero-order valence-electron chi connectivity index (χ0n) is 18.5. The van der Waals surface area contributed by atoms with Gasteiger partial charge in [0.15, 0.2) is 0 Å². The second-order valence-corrected chi connectivity index (χ2v) is 7.99. The van der Waals surface area contributed by atoms with Crippen LogP contribution in [0.25, 0.3) is 6.08 Å². The number of ether oxygens (including phenoxy) is 1. The fourth-order valence-corrected chi connectivity index (χ4v) is 3.52. The predicted octanol–water partition coefficient (Wildman–Crippen LogP) is 3.95. The van der Waals surface area contributed by atoms with E-state index in [9.17, 15) is 14.4 Å². The van der Waals surface area contributed by atoms with Gasteiger partial charge in [0.1, 0.15) is 23.7 Å².